The predicted molar refractivity (Wildman–Crippen MR) is 114 cm³/mol. The molecule has 0 amide bonds. The third-order valence-corrected chi connectivity index (χ3v) is 5.30. The first-order valence-electron chi connectivity index (χ1n) is 9.93. The molecule has 2 aromatic carbocycles. The number of aromatic nitrogens is 1. The van der Waals surface area contributed by atoms with Crippen molar-refractivity contribution < 1.29 is 26.7 Å². The monoisotopic (exact) mass is 462 g/mol. The predicted octanol–water partition coefficient (Wildman–Crippen LogP) is 5.46. The van der Waals surface area contributed by atoms with Crippen molar-refractivity contribution in [2.45, 2.75) is 24.2 Å². The number of alkyl halides is 4. The fourth-order valence-corrected chi connectivity index (χ4v) is 3.70. The average molecular weight is 462 g/mol. The zero-order valence-electron chi connectivity index (χ0n) is 17.1. The molecule has 172 valence electrons. The van der Waals surface area contributed by atoms with E-state index in [2.05, 4.69) is 20.0 Å². The fourth-order valence-electron chi connectivity index (χ4n) is 3.70. The van der Waals surface area contributed by atoms with Crippen LogP contribution < -0.4 is 11.1 Å². The number of halogens is 5. The summed E-state index contributed by atoms with van der Waals surface area (Å²) in [6, 6.07) is 15.8. The lowest BCUT2D eigenvalue weighted by molar-refractivity contribution is -0.209. The van der Waals surface area contributed by atoms with Crippen molar-refractivity contribution in [2.24, 2.45) is 10.7 Å². The van der Waals surface area contributed by atoms with Gasteiger partial charge in [-0.05, 0) is 41.5 Å². The van der Waals surface area contributed by atoms with Crippen molar-refractivity contribution in [3.05, 3.63) is 78.2 Å². The first-order chi connectivity index (χ1) is 15.7. The number of hydrogen-bond acceptors (Lipinski definition) is 5. The van der Waals surface area contributed by atoms with E-state index in [9.17, 15) is 22.0 Å². The number of hydrogen-bond donors (Lipinski definition) is 2. The lowest BCUT2D eigenvalue weighted by Gasteiger charge is -2.36. The molecular weight excluding hydrogens is 443 g/mol. The summed E-state index contributed by atoms with van der Waals surface area (Å²) in [5.74, 6) is -0.505. The van der Waals surface area contributed by atoms with Crippen molar-refractivity contribution in [1.82, 2.24) is 4.98 Å². The zero-order chi connectivity index (χ0) is 23.6. The van der Waals surface area contributed by atoms with Crippen molar-refractivity contribution in [3.8, 4) is 11.1 Å². The molecule has 2 unspecified atom stereocenters. The van der Waals surface area contributed by atoms with Gasteiger partial charge in [-0.15, -0.1) is 0 Å². The first-order valence-corrected chi connectivity index (χ1v) is 9.93. The standard InChI is InChI=1S/C23H19F5N4O/c24-13-22(12-19(23(26,27)28)33-21(29)32-22)17-11-16(6-7-18(17)25)31-20-10-15(8-9-30-20)14-4-2-1-3-5-14/h1-11,19H,12-13H2,(H2,29,32)(H,30,31). The summed E-state index contributed by atoms with van der Waals surface area (Å²) in [6.45, 7) is -1.40. The second-order valence-corrected chi connectivity index (χ2v) is 7.58. The molecule has 0 radical (unpaired) electrons. The second kappa shape index (κ2) is 8.68. The Kier molecular flexibility index (Phi) is 5.92. The van der Waals surface area contributed by atoms with Crippen LogP contribution in [-0.2, 0) is 10.3 Å². The molecule has 10 heteroatoms. The summed E-state index contributed by atoms with van der Waals surface area (Å²) in [5, 5.41) is 2.98. The van der Waals surface area contributed by atoms with Gasteiger partial charge in [0.25, 0.3) is 6.02 Å². The van der Waals surface area contributed by atoms with Gasteiger partial charge in [-0.2, -0.15) is 13.2 Å². The molecule has 1 aromatic heterocycles. The van der Waals surface area contributed by atoms with Gasteiger partial charge in [0, 0.05) is 23.9 Å². The Balaban J connectivity index is 1.68. The van der Waals surface area contributed by atoms with Gasteiger partial charge in [-0.3, -0.25) is 0 Å². The summed E-state index contributed by atoms with van der Waals surface area (Å²) in [5.41, 5.74) is 4.97. The van der Waals surface area contributed by atoms with Crippen LogP contribution in [0.2, 0.25) is 0 Å². The van der Waals surface area contributed by atoms with E-state index in [-0.39, 0.29) is 5.56 Å². The Morgan fingerprint density at radius 2 is 1.82 bits per heavy atom. The van der Waals surface area contributed by atoms with Gasteiger partial charge < -0.3 is 15.8 Å². The van der Waals surface area contributed by atoms with Crippen molar-refractivity contribution >= 4 is 17.5 Å². The van der Waals surface area contributed by atoms with Gasteiger partial charge >= 0.3 is 6.18 Å². The van der Waals surface area contributed by atoms with E-state index >= 15 is 0 Å². The lowest BCUT2D eigenvalue weighted by atomic mass is 9.84. The molecule has 0 saturated heterocycles. The molecule has 4 rings (SSSR count). The second-order valence-electron chi connectivity index (χ2n) is 7.58. The summed E-state index contributed by atoms with van der Waals surface area (Å²) in [4.78, 5) is 7.97. The van der Waals surface area contributed by atoms with E-state index in [1.165, 1.54) is 12.1 Å². The highest BCUT2D eigenvalue weighted by atomic mass is 19.4. The number of amidine groups is 1. The number of benzene rings is 2. The molecule has 0 bridgehead atoms. The van der Waals surface area contributed by atoms with Crippen LogP contribution in [0.25, 0.3) is 11.1 Å². The van der Waals surface area contributed by atoms with Crippen LogP contribution in [0.1, 0.15) is 12.0 Å². The van der Waals surface area contributed by atoms with Crippen molar-refractivity contribution in [2.75, 3.05) is 12.0 Å². The van der Waals surface area contributed by atoms with Crippen LogP contribution in [0, 0.1) is 5.82 Å². The Bertz CT molecular complexity index is 1170. The molecule has 3 aromatic rings. The highest BCUT2D eigenvalue weighted by Gasteiger charge is 2.52. The summed E-state index contributed by atoms with van der Waals surface area (Å²) >= 11 is 0. The summed E-state index contributed by atoms with van der Waals surface area (Å²) in [7, 11) is 0. The number of rotatable bonds is 5. The Morgan fingerprint density at radius 1 is 1.06 bits per heavy atom. The van der Waals surface area contributed by atoms with Gasteiger partial charge in [0.2, 0.25) is 0 Å². The van der Waals surface area contributed by atoms with Gasteiger partial charge in [0.15, 0.2) is 6.10 Å². The van der Waals surface area contributed by atoms with E-state index in [1.54, 1.807) is 12.3 Å². The van der Waals surface area contributed by atoms with Crippen LogP contribution >= 0.6 is 0 Å². The number of pyridine rings is 1. The van der Waals surface area contributed by atoms with Gasteiger partial charge in [0.1, 0.15) is 23.8 Å². The number of nitrogens with zero attached hydrogens (tertiary/aromatic N) is 2. The SMILES string of the molecule is NC1=NC(CF)(c2cc(Nc3cc(-c4ccccc4)ccn3)ccc2F)CC(C(F)(F)F)O1. The molecule has 5 nitrogen and oxygen atoms in total. The molecule has 2 heterocycles. The molecule has 33 heavy (non-hydrogen) atoms. The minimum Gasteiger partial charge on any atom is -0.452 e. The maximum atomic E-state index is 14.7. The zero-order valence-corrected chi connectivity index (χ0v) is 17.1. The fraction of sp³-hybridized carbons (Fsp3) is 0.217. The summed E-state index contributed by atoms with van der Waals surface area (Å²) in [6.07, 6.45) is -6.61. The van der Waals surface area contributed by atoms with E-state index < -0.39 is 42.8 Å². The molecular formula is C23H19F5N4O. The van der Waals surface area contributed by atoms with Crippen LogP contribution in [0.15, 0.2) is 71.9 Å². The minimum absolute atomic E-state index is 0.292. The van der Waals surface area contributed by atoms with E-state index in [1.807, 2.05) is 36.4 Å². The molecule has 0 spiro atoms. The van der Waals surface area contributed by atoms with Gasteiger partial charge in [-0.1, -0.05) is 30.3 Å². The highest BCUT2D eigenvalue weighted by molar-refractivity contribution is 5.74. The molecule has 2 atom stereocenters. The van der Waals surface area contributed by atoms with Crippen LogP contribution in [0.4, 0.5) is 33.5 Å². The Morgan fingerprint density at radius 3 is 2.52 bits per heavy atom. The van der Waals surface area contributed by atoms with E-state index in [0.717, 1.165) is 17.2 Å². The lowest BCUT2D eigenvalue weighted by Crippen LogP contribution is -2.48. The van der Waals surface area contributed by atoms with Crippen molar-refractivity contribution in [3.63, 3.8) is 0 Å². The number of anilines is 2. The topological polar surface area (TPSA) is 72.5 Å². The molecule has 0 fully saturated rings. The first kappa shape index (κ1) is 22.5. The Hall–Kier alpha value is -3.69. The van der Waals surface area contributed by atoms with Crippen LogP contribution in [0.3, 0.4) is 0 Å². The quantitative estimate of drug-likeness (QED) is 0.494. The number of nitrogens with one attached hydrogen (secondary N) is 1. The molecule has 0 aliphatic carbocycles. The average Bonchev–Trinajstić information content (AvgIpc) is 2.80. The van der Waals surface area contributed by atoms with Crippen molar-refractivity contribution in [1.29, 1.82) is 0 Å². The van der Waals surface area contributed by atoms with E-state index in [4.69, 9.17) is 5.73 Å². The highest BCUT2D eigenvalue weighted by Crippen LogP contribution is 2.42. The number of ether oxygens (including phenoxy) is 1. The number of aliphatic imine (C=N–C) groups is 1. The van der Waals surface area contributed by atoms with Crippen LogP contribution in [-0.4, -0.2) is 30.0 Å². The number of nitrogens with two attached hydrogens (primary N) is 1. The molecule has 0 saturated carbocycles. The smallest absolute Gasteiger partial charge is 0.425 e. The molecule has 3 N–H and O–H groups in total. The summed E-state index contributed by atoms with van der Waals surface area (Å²) < 4.78 is 73.3. The van der Waals surface area contributed by atoms with Gasteiger partial charge in [0.05, 0.1) is 0 Å². The molecule has 1 aliphatic rings. The maximum Gasteiger partial charge on any atom is 0.425 e. The Labute approximate surface area is 186 Å². The maximum absolute atomic E-state index is 14.7. The minimum atomic E-state index is -4.82. The third-order valence-electron chi connectivity index (χ3n) is 5.30. The third kappa shape index (κ3) is 4.74. The normalized spacial score (nSPS) is 20.6. The van der Waals surface area contributed by atoms with Crippen LogP contribution in [0.5, 0.6) is 0 Å². The van der Waals surface area contributed by atoms with Gasteiger partial charge in [-0.25, -0.2) is 18.8 Å². The van der Waals surface area contributed by atoms with E-state index in [0.29, 0.717) is 11.5 Å². The molecule has 1 aliphatic heterocycles. The largest absolute Gasteiger partial charge is 0.452 e.